The first-order valence-electron chi connectivity index (χ1n) is 5.17. The molecule has 1 saturated carbocycles. The van der Waals surface area contributed by atoms with Gasteiger partial charge in [-0.2, -0.15) is 0 Å². The minimum Gasteiger partial charge on any atom is -0.477 e. The second-order valence-electron chi connectivity index (χ2n) is 4.06. The Labute approximate surface area is 92.4 Å². The van der Waals surface area contributed by atoms with Gasteiger partial charge in [-0.05, 0) is 24.3 Å². The van der Waals surface area contributed by atoms with Crippen molar-refractivity contribution in [2.75, 3.05) is 0 Å². The van der Waals surface area contributed by atoms with Crippen LogP contribution in [0.15, 0.2) is 11.4 Å². The molecule has 0 atom stereocenters. The molecule has 1 heterocycles. The smallest absolute Gasteiger partial charge is 0.346 e. The molecule has 4 heteroatoms. The van der Waals surface area contributed by atoms with Gasteiger partial charge < -0.3 is 10.2 Å². The minimum absolute atomic E-state index is 0.291. The second-order valence-corrected chi connectivity index (χ2v) is 4.98. The molecule has 1 fully saturated rings. The summed E-state index contributed by atoms with van der Waals surface area (Å²) in [6, 6.07) is 1.75. The Bertz CT molecular complexity index is 364. The number of thiophene rings is 1. The molecule has 2 rings (SSSR count). The van der Waals surface area contributed by atoms with Gasteiger partial charge in [0, 0.05) is 5.56 Å². The van der Waals surface area contributed by atoms with Crippen molar-refractivity contribution in [2.24, 2.45) is 0 Å². The van der Waals surface area contributed by atoms with E-state index in [1.165, 1.54) is 11.3 Å². The highest BCUT2D eigenvalue weighted by Crippen LogP contribution is 2.40. The Morgan fingerprint density at radius 3 is 2.60 bits per heavy atom. The quantitative estimate of drug-likeness (QED) is 0.815. The number of hydrogen-bond acceptors (Lipinski definition) is 3. The topological polar surface area (TPSA) is 57.5 Å². The number of hydrogen-bond donors (Lipinski definition) is 2. The van der Waals surface area contributed by atoms with E-state index in [0.29, 0.717) is 23.3 Å². The maximum atomic E-state index is 11.0. The van der Waals surface area contributed by atoms with Crippen LogP contribution in [0.25, 0.3) is 0 Å². The summed E-state index contributed by atoms with van der Waals surface area (Å²) in [5.41, 5.74) is -0.286. The van der Waals surface area contributed by atoms with Crippen molar-refractivity contribution in [1.82, 2.24) is 0 Å². The normalized spacial score (nSPS) is 20.1. The van der Waals surface area contributed by atoms with Crippen LogP contribution < -0.4 is 0 Å². The summed E-state index contributed by atoms with van der Waals surface area (Å²) < 4.78 is 0. The first-order chi connectivity index (χ1) is 7.13. The lowest BCUT2D eigenvalue weighted by atomic mass is 9.80. The molecule has 0 aromatic carbocycles. The largest absolute Gasteiger partial charge is 0.477 e. The van der Waals surface area contributed by atoms with Crippen LogP contribution in [0.5, 0.6) is 0 Å². The van der Waals surface area contributed by atoms with Gasteiger partial charge in [-0.1, -0.05) is 19.3 Å². The highest BCUT2D eigenvalue weighted by molar-refractivity contribution is 7.12. The monoisotopic (exact) mass is 226 g/mol. The average Bonchev–Trinajstić information content (AvgIpc) is 2.67. The molecule has 0 amide bonds. The molecule has 2 N–H and O–H groups in total. The number of aliphatic hydroxyl groups is 1. The van der Waals surface area contributed by atoms with E-state index in [9.17, 15) is 9.90 Å². The van der Waals surface area contributed by atoms with Crippen LogP contribution in [0, 0.1) is 0 Å². The molecule has 0 aliphatic heterocycles. The van der Waals surface area contributed by atoms with Gasteiger partial charge in [0.05, 0.1) is 5.60 Å². The van der Waals surface area contributed by atoms with Crippen molar-refractivity contribution in [1.29, 1.82) is 0 Å². The van der Waals surface area contributed by atoms with E-state index in [2.05, 4.69) is 0 Å². The van der Waals surface area contributed by atoms with E-state index >= 15 is 0 Å². The van der Waals surface area contributed by atoms with Crippen LogP contribution in [-0.4, -0.2) is 16.2 Å². The lowest BCUT2D eigenvalue weighted by Gasteiger charge is -2.32. The van der Waals surface area contributed by atoms with E-state index in [1.807, 2.05) is 0 Å². The van der Waals surface area contributed by atoms with Crippen molar-refractivity contribution < 1.29 is 15.0 Å². The summed E-state index contributed by atoms with van der Waals surface area (Å²) >= 11 is 1.19. The van der Waals surface area contributed by atoms with Crippen molar-refractivity contribution in [3.8, 4) is 0 Å². The number of carboxylic acids is 1. The molecule has 1 aliphatic carbocycles. The molecule has 1 aromatic heterocycles. The van der Waals surface area contributed by atoms with E-state index in [0.717, 1.165) is 19.3 Å². The third-order valence-corrected chi connectivity index (χ3v) is 3.94. The van der Waals surface area contributed by atoms with Crippen molar-refractivity contribution >= 4 is 17.3 Å². The fourth-order valence-electron chi connectivity index (χ4n) is 2.25. The molecule has 1 aromatic rings. The van der Waals surface area contributed by atoms with Gasteiger partial charge in [-0.25, -0.2) is 4.79 Å². The van der Waals surface area contributed by atoms with Crippen molar-refractivity contribution in [2.45, 2.75) is 37.7 Å². The van der Waals surface area contributed by atoms with Gasteiger partial charge in [0.25, 0.3) is 0 Å². The molecule has 0 saturated heterocycles. The summed E-state index contributed by atoms with van der Waals surface area (Å²) in [7, 11) is 0. The molecular weight excluding hydrogens is 212 g/mol. The zero-order valence-electron chi connectivity index (χ0n) is 8.40. The molecule has 0 unspecified atom stereocenters. The average molecular weight is 226 g/mol. The zero-order chi connectivity index (χ0) is 10.9. The van der Waals surface area contributed by atoms with Gasteiger partial charge >= 0.3 is 5.97 Å². The maximum Gasteiger partial charge on any atom is 0.346 e. The number of carbonyl (C=O) groups is 1. The Morgan fingerprint density at radius 1 is 1.33 bits per heavy atom. The van der Waals surface area contributed by atoms with Crippen molar-refractivity contribution in [3.05, 3.63) is 21.9 Å². The third kappa shape index (κ3) is 1.92. The van der Waals surface area contributed by atoms with Crippen LogP contribution in [-0.2, 0) is 5.60 Å². The highest BCUT2D eigenvalue weighted by atomic mass is 32.1. The second kappa shape index (κ2) is 3.94. The number of aromatic carboxylic acids is 1. The Kier molecular flexibility index (Phi) is 2.80. The lowest BCUT2D eigenvalue weighted by molar-refractivity contribution is -0.00146. The van der Waals surface area contributed by atoms with Gasteiger partial charge in [-0.15, -0.1) is 11.3 Å². The molecule has 0 spiro atoms. The standard InChI is InChI=1S/C11H14O3S/c12-10(13)9-8(4-7-15-9)11(14)5-2-1-3-6-11/h4,7,14H,1-3,5-6H2,(H,12,13). The minimum atomic E-state index is -0.931. The fraction of sp³-hybridized carbons (Fsp3) is 0.545. The van der Waals surface area contributed by atoms with Crippen LogP contribution in [0.1, 0.15) is 47.3 Å². The molecule has 15 heavy (non-hydrogen) atoms. The van der Waals surface area contributed by atoms with Gasteiger partial charge in [0.15, 0.2) is 0 Å². The molecule has 0 radical (unpaired) electrons. The highest BCUT2D eigenvalue weighted by Gasteiger charge is 2.35. The molecule has 0 bridgehead atoms. The molecule has 82 valence electrons. The molecule has 1 aliphatic rings. The van der Waals surface area contributed by atoms with Crippen LogP contribution >= 0.6 is 11.3 Å². The first-order valence-corrected chi connectivity index (χ1v) is 6.05. The van der Waals surface area contributed by atoms with Crippen molar-refractivity contribution in [3.63, 3.8) is 0 Å². The maximum absolute atomic E-state index is 11.0. The van der Waals surface area contributed by atoms with Crippen LogP contribution in [0.4, 0.5) is 0 Å². The predicted octanol–water partition coefficient (Wildman–Crippen LogP) is 2.60. The zero-order valence-corrected chi connectivity index (χ0v) is 9.22. The van der Waals surface area contributed by atoms with Gasteiger partial charge in [0.1, 0.15) is 4.88 Å². The van der Waals surface area contributed by atoms with E-state index in [1.54, 1.807) is 11.4 Å². The van der Waals surface area contributed by atoms with E-state index in [-0.39, 0.29) is 0 Å². The van der Waals surface area contributed by atoms with Crippen LogP contribution in [0.2, 0.25) is 0 Å². The Balaban J connectivity index is 2.34. The van der Waals surface area contributed by atoms with Gasteiger partial charge in [-0.3, -0.25) is 0 Å². The molecular formula is C11H14O3S. The lowest BCUT2D eigenvalue weighted by Crippen LogP contribution is -2.29. The summed E-state index contributed by atoms with van der Waals surface area (Å²) in [5, 5.41) is 21.1. The summed E-state index contributed by atoms with van der Waals surface area (Å²) in [5.74, 6) is -0.931. The SMILES string of the molecule is O=C(O)c1sccc1C1(O)CCCCC1. The van der Waals surface area contributed by atoms with Crippen LogP contribution in [0.3, 0.4) is 0 Å². The predicted molar refractivity (Wildman–Crippen MR) is 58.3 cm³/mol. The Morgan fingerprint density at radius 2 is 2.00 bits per heavy atom. The Hall–Kier alpha value is -0.870. The number of rotatable bonds is 2. The summed E-state index contributed by atoms with van der Waals surface area (Å²) in [6.07, 6.45) is 4.46. The molecule has 3 nitrogen and oxygen atoms in total. The summed E-state index contributed by atoms with van der Waals surface area (Å²) in [6.45, 7) is 0. The van der Waals surface area contributed by atoms with Gasteiger partial charge in [0.2, 0.25) is 0 Å². The van der Waals surface area contributed by atoms with E-state index < -0.39 is 11.6 Å². The third-order valence-electron chi connectivity index (χ3n) is 3.04. The van der Waals surface area contributed by atoms with E-state index in [4.69, 9.17) is 5.11 Å². The summed E-state index contributed by atoms with van der Waals surface area (Å²) in [4.78, 5) is 11.3. The number of carboxylic acid groups (broad SMARTS) is 1. The fourth-order valence-corrected chi connectivity index (χ4v) is 3.07. The first kappa shape index (κ1) is 10.6.